The molecule has 64 valence electrons. The largest absolute Gasteiger partial charge is 0.338 e. The molecule has 1 rings (SSSR count). The maximum absolute atomic E-state index is 5.46. The molecule has 0 bridgehead atoms. The first-order valence-corrected chi connectivity index (χ1v) is 4.36. The van der Waals surface area contributed by atoms with Crippen LogP contribution in [0.4, 0.5) is 0 Å². The molecule has 0 aromatic carbocycles. The molecule has 0 saturated carbocycles. The number of halogens is 1. The first-order chi connectivity index (χ1) is 5.69. The zero-order valence-electron chi connectivity index (χ0n) is 6.63. The molecule has 12 heavy (non-hydrogen) atoms. The van der Waals surface area contributed by atoms with Gasteiger partial charge in [-0.2, -0.15) is 0 Å². The van der Waals surface area contributed by atoms with Gasteiger partial charge in [0.1, 0.15) is 0 Å². The lowest BCUT2D eigenvalue weighted by atomic mass is 10.4. The molecular weight excluding hydrogens is 190 g/mol. The van der Waals surface area contributed by atoms with Crippen molar-refractivity contribution in [2.75, 3.05) is 6.54 Å². The van der Waals surface area contributed by atoms with Gasteiger partial charge in [-0.15, -0.1) is 12.6 Å². The normalized spacial score (nSPS) is 18.2. The number of hydrogen-bond donors (Lipinski definition) is 1. The Morgan fingerprint density at radius 1 is 1.67 bits per heavy atom. The summed E-state index contributed by atoms with van der Waals surface area (Å²) >= 11 is 9.58. The van der Waals surface area contributed by atoms with Crippen LogP contribution >= 0.6 is 24.2 Å². The van der Waals surface area contributed by atoms with Gasteiger partial charge in [0.2, 0.25) is 0 Å². The van der Waals surface area contributed by atoms with Crippen LogP contribution in [0.15, 0.2) is 47.1 Å². The molecule has 0 aliphatic carbocycles. The zero-order chi connectivity index (χ0) is 9.14. The van der Waals surface area contributed by atoms with Gasteiger partial charge in [0.05, 0.1) is 6.54 Å². The Morgan fingerprint density at radius 3 is 2.58 bits per heavy atom. The number of allylic oxidation sites excluding steroid dienone is 2. The average Bonchev–Trinajstić information content (AvgIpc) is 2.77. The van der Waals surface area contributed by atoms with Crippen molar-refractivity contribution in [3.8, 4) is 0 Å². The van der Waals surface area contributed by atoms with Crippen LogP contribution in [0.1, 0.15) is 0 Å². The van der Waals surface area contributed by atoms with E-state index in [1.807, 2.05) is 11.0 Å². The van der Waals surface area contributed by atoms with E-state index in [0.717, 1.165) is 17.9 Å². The van der Waals surface area contributed by atoms with Crippen molar-refractivity contribution in [2.24, 2.45) is 0 Å². The highest BCUT2D eigenvalue weighted by atomic mass is 35.5. The Kier molecular flexibility index (Phi) is 3.06. The van der Waals surface area contributed by atoms with E-state index >= 15 is 0 Å². The third kappa shape index (κ3) is 2.19. The van der Waals surface area contributed by atoms with Crippen molar-refractivity contribution < 1.29 is 0 Å². The van der Waals surface area contributed by atoms with Crippen LogP contribution in [-0.4, -0.2) is 11.4 Å². The second-order valence-electron chi connectivity index (χ2n) is 2.46. The summed E-state index contributed by atoms with van der Waals surface area (Å²) in [5.41, 5.74) is 3.50. The highest BCUT2D eigenvalue weighted by Gasteiger charge is 2.24. The molecule has 3 heteroatoms. The molecule has 1 nitrogen and oxygen atoms in total. The van der Waals surface area contributed by atoms with E-state index in [-0.39, 0.29) is 0 Å². The van der Waals surface area contributed by atoms with Crippen LogP contribution in [0, 0.1) is 0 Å². The summed E-state index contributed by atoms with van der Waals surface area (Å²) in [6.07, 6.45) is 3.61. The predicted molar refractivity (Wildman–Crippen MR) is 57.0 cm³/mol. The minimum absolute atomic E-state index is 0.714. The molecule has 0 radical (unpaired) electrons. The van der Waals surface area contributed by atoms with E-state index < -0.39 is 0 Å². The molecule has 1 saturated heterocycles. The SMILES string of the molecule is C=C/C(=C\C(S)=C/Cl)N1CC1=C. The molecule has 1 aliphatic heterocycles. The monoisotopic (exact) mass is 199 g/mol. The van der Waals surface area contributed by atoms with E-state index in [9.17, 15) is 0 Å². The molecule has 1 heterocycles. The molecule has 0 spiro atoms. The molecule has 0 amide bonds. The minimum atomic E-state index is 0.714. The lowest BCUT2D eigenvalue weighted by Crippen LogP contribution is -1.91. The van der Waals surface area contributed by atoms with Gasteiger partial charge >= 0.3 is 0 Å². The zero-order valence-corrected chi connectivity index (χ0v) is 8.28. The molecule has 0 atom stereocenters. The van der Waals surface area contributed by atoms with Gasteiger partial charge in [0.25, 0.3) is 0 Å². The third-order valence-corrected chi connectivity index (χ3v) is 2.19. The molecule has 1 aliphatic rings. The van der Waals surface area contributed by atoms with Crippen molar-refractivity contribution in [1.82, 2.24) is 4.90 Å². The van der Waals surface area contributed by atoms with Gasteiger partial charge < -0.3 is 4.90 Å². The van der Waals surface area contributed by atoms with Gasteiger partial charge in [-0.25, -0.2) is 0 Å². The van der Waals surface area contributed by atoms with E-state index in [2.05, 4.69) is 25.8 Å². The van der Waals surface area contributed by atoms with Crippen LogP contribution < -0.4 is 0 Å². The fourth-order valence-electron chi connectivity index (χ4n) is 0.851. The highest BCUT2D eigenvalue weighted by molar-refractivity contribution is 7.84. The average molecular weight is 200 g/mol. The summed E-state index contributed by atoms with van der Waals surface area (Å²) in [5, 5.41) is 0. The van der Waals surface area contributed by atoms with Gasteiger partial charge in [-0.3, -0.25) is 0 Å². The van der Waals surface area contributed by atoms with Gasteiger partial charge in [0, 0.05) is 21.8 Å². The Labute approximate surface area is 83.1 Å². The standard InChI is InChI=1S/C9H10ClNS/c1-3-8(4-9(12)5-10)11-6-7(11)2/h3-5,12H,1-2,6H2/b8-4+,9-5+. The van der Waals surface area contributed by atoms with E-state index in [0.29, 0.717) is 4.91 Å². The summed E-state index contributed by atoms with van der Waals surface area (Å²) in [6.45, 7) is 8.40. The highest BCUT2D eigenvalue weighted by Crippen LogP contribution is 2.27. The Morgan fingerprint density at radius 2 is 2.25 bits per heavy atom. The first kappa shape index (κ1) is 9.49. The number of hydrogen-bond acceptors (Lipinski definition) is 2. The fraction of sp³-hybridized carbons (Fsp3) is 0.111. The third-order valence-electron chi connectivity index (χ3n) is 1.55. The van der Waals surface area contributed by atoms with Crippen molar-refractivity contribution in [2.45, 2.75) is 0 Å². The first-order valence-electron chi connectivity index (χ1n) is 3.48. The lowest BCUT2D eigenvalue weighted by Gasteiger charge is -2.01. The van der Waals surface area contributed by atoms with Crippen molar-refractivity contribution in [3.63, 3.8) is 0 Å². The minimum Gasteiger partial charge on any atom is -0.338 e. The van der Waals surface area contributed by atoms with Crippen LogP contribution in [0.25, 0.3) is 0 Å². The van der Waals surface area contributed by atoms with Gasteiger partial charge in [0.15, 0.2) is 0 Å². The van der Waals surface area contributed by atoms with Crippen LogP contribution in [-0.2, 0) is 0 Å². The molecular formula is C9H10ClNS. The second kappa shape index (κ2) is 3.87. The summed E-state index contributed by atoms with van der Waals surface area (Å²) in [7, 11) is 0. The van der Waals surface area contributed by atoms with Crippen LogP contribution in [0.3, 0.4) is 0 Å². The summed E-state index contributed by atoms with van der Waals surface area (Å²) in [4.78, 5) is 2.75. The Bertz CT molecular complexity index is 278. The van der Waals surface area contributed by atoms with E-state index in [4.69, 9.17) is 11.6 Å². The molecule has 0 aromatic heterocycles. The van der Waals surface area contributed by atoms with E-state index in [1.54, 1.807) is 6.08 Å². The van der Waals surface area contributed by atoms with Crippen molar-refractivity contribution in [3.05, 3.63) is 47.1 Å². The summed E-state index contributed by atoms with van der Waals surface area (Å²) in [5.74, 6) is 0. The summed E-state index contributed by atoms with van der Waals surface area (Å²) in [6, 6.07) is 0. The van der Waals surface area contributed by atoms with Crippen LogP contribution in [0.5, 0.6) is 0 Å². The maximum atomic E-state index is 5.46. The molecule has 0 N–H and O–H groups in total. The smallest absolute Gasteiger partial charge is 0.0625 e. The van der Waals surface area contributed by atoms with E-state index in [1.165, 1.54) is 5.54 Å². The van der Waals surface area contributed by atoms with Crippen molar-refractivity contribution >= 4 is 24.2 Å². The predicted octanol–water partition coefficient (Wildman–Crippen LogP) is 2.90. The Hall–Kier alpha value is -0.600. The maximum Gasteiger partial charge on any atom is 0.0625 e. The molecule has 0 unspecified atom stereocenters. The van der Waals surface area contributed by atoms with Crippen LogP contribution in [0.2, 0.25) is 0 Å². The molecule has 0 aromatic rings. The fourth-order valence-corrected chi connectivity index (χ4v) is 1.05. The van der Waals surface area contributed by atoms with Gasteiger partial charge in [-0.05, 0) is 12.2 Å². The quantitative estimate of drug-likeness (QED) is 0.416. The topological polar surface area (TPSA) is 3.01 Å². The number of thiol groups is 1. The second-order valence-corrected chi connectivity index (χ2v) is 3.19. The number of rotatable bonds is 3. The van der Waals surface area contributed by atoms with Gasteiger partial charge in [-0.1, -0.05) is 24.8 Å². The lowest BCUT2D eigenvalue weighted by molar-refractivity contribution is 0.755. The summed E-state index contributed by atoms with van der Waals surface area (Å²) < 4.78 is 0. The van der Waals surface area contributed by atoms with Crippen molar-refractivity contribution in [1.29, 1.82) is 0 Å². The molecule has 1 fully saturated rings. The number of nitrogens with zero attached hydrogens (tertiary/aromatic N) is 1. The Balaban J connectivity index is 2.74.